The number of amides is 1. The monoisotopic (exact) mass is 280 g/mol. The van der Waals surface area contributed by atoms with Crippen molar-refractivity contribution in [3.8, 4) is 0 Å². The highest BCUT2D eigenvalue weighted by molar-refractivity contribution is 5.81. The van der Waals surface area contributed by atoms with E-state index in [0.29, 0.717) is 5.56 Å². The minimum Gasteiger partial charge on any atom is -0.396 e. The third-order valence-corrected chi connectivity index (χ3v) is 3.91. The van der Waals surface area contributed by atoms with E-state index >= 15 is 0 Å². The van der Waals surface area contributed by atoms with Gasteiger partial charge < -0.3 is 10.4 Å². The topological polar surface area (TPSA) is 52.6 Å². The number of hydrogen-bond donors (Lipinski definition) is 2. The largest absolute Gasteiger partial charge is 0.396 e. The molecule has 0 radical (unpaired) electrons. The first-order valence-electron chi connectivity index (χ1n) is 6.98. The van der Waals surface area contributed by atoms with Crippen molar-refractivity contribution in [1.82, 2.24) is 10.2 Å². The minimum absolute atomic E-state index is 0.105. The van der Waals surface area contributed by atoms with Gasteiger partial charge in [-0.25, -0.2) is 4.39 Å². The maximum Gasteiger partial charge on any atom is 0.237 e. The van der Waals surface area contributed by atoms with Crippen LogP contribution in [0, 0.1) is 11.7 Å². The van der Waals surface area contributed by atoms with E-state index in [4.69, 9.17) is 5.11 Å². The summed E-state index contributed by atoms with van der Waals surface area (Å²) in [5.41, 5.74) is 0.489. The Hall–Kier alpha value is -1.46. The Bertz CT molecular complexity index is 467. The summed E-state index contributed by atoms with van der Waals surface area (Å²) >= 11 is 0. The van der Waals surface area contributed by atoms with Crippen LogP contribution in [0.25, 0.3) is 0 Å². The lowest BCUT2D eigenvalue weighted by molar-refractivity contribution is -0.125. The molecule has 1 fully saturated rings. The molecule has 2 atom stereocenters. The van der Waals surface area contributed by atoms with E-state index in [1.807, 2.05) is 6.92 Å². The third kappa shape index (κ3) is 3.55. The maximum absolute atomic E-state index is 13.4. The molecule has 0 saturated carbocycles. The van der Waals surface area contributed by atoms with E-state index in [-0.39, 0.29) is 36.8 Å². The average Bonchev–Trinajstić information content (AvgIpc) is 2.94. The summed E-state index contributed by atoms with van der Waals surface area (Å²) in [7, 11) is 0. The first-order valence-corrected chi connectivity index (χ1v) is 6.98. The molecule has 1 aliphatic rings. The lowest BCUT2D eigenvalue weighted by atomic mass is 10.1. The molecular formula is C15H21FN2O2. The van der Waals surface area contributed by atoms with E-state index in [1.165, 1.54) is 6.07 Å². The second-order valence-corrected chi connectivity index (χ2v) is 5.32. The fourth-order valence-corrected chi connectivity index (χ4v) is 2.50. The van der Waals surface area contributed by atoms with Gasteiger partial charge in [0.15, 0.2) is 0 Å². The molecule has 1 heterocycles. The molecule has 4 nitrogen and oxygen atoms in total. The van der Waals surface area contributed by atoms with E-state index in [2.05, 4.69) is 10.2 Å². The van der Waals surface area contributed by atoms with Crippen LogP contribution in [0.3, 0.4) is 0 Å². The minimum atomic E-state index is -0.304. The Morgan fingerprint density at radius 3 is 2.95 bits per heavy atom. The lowest BCUT2D eigenvalue weighted by Crippen LogP contribution is -2.44. The van der Waals surface area contributed by atoms with Crippen LogP contribution in [0.4, 0.5) is 4.39 Å². The Labute approximate surface area is 118 Å². The van der Waals surface area contributed by atoms with E-state index in [1.54, 1.807) is 18.2 Å². The summed E-state index contributed by atoms with van der Waals surface area (Å²) in [5.74, 6) is -0.148. The van der Waals surface area contributed by atoms with Gasteiger partial charge in [0.1, 0.15) is 5.82 Å². The summed E-state index contributed by atoms with van der Waals surface area (Å²) in [6.07, 6.45) is 0.918. The zero-order valence-corrected chi connectivity index (χ0v) is 11.7. The van der Waals surface area contributed by atoms with Crippen molar-refractivity contribution in [2.75, 3.05) is 19.7 Å². The number of aliphatic hydroxyl groups excluding tert-OH is 1. The molecule has 2 rings (SSSR count). The molecule has 2 unspecified atom stereocenters. The molecule has 0 bridgehead atoms. The third-order valence-electron chi connectivity index (χ3n) is 3.91. The number of carbonyl (C=O) groups excluding carboxylic acids is 1. The molecule has 1 aromatic carbocycles. The fraction of sp³-hybridized carbons (Fsp3) is 0.533. The first-order chi connectivity index (χ1) is 9.61. The molecule has 1 aromatic rings. The van der Waals surface area contributed by atoms with Gasteiger partial charge >= 0.3 is 0 Å². The SMILES string of the molecule is CC(C(=O)NCc1ccccc1F)N1CCC(CO)C1. The molecule has 0 spiro atoms. The van der Waals surface area contributed by atoms with E-state index < -0.39 is 0 Å². The van der Waals surface area contributed by atoms with Crippen LogP contribution in [0.5, 0.6) is 0 Å². The Balaban J connectivity index is 1.84. The van der Waals surface area contributed by atoms with Crippen LogP contribution in [0.15, 0.2) is 24.3 Å². The van der Waals surface area contributed by atoms with Crippen molar-refractivity contribution in [2.45, 2.75) is 25.9 Å². The first kappa shape index (κ1) is 14.9. The Morgan fingerprint density at radius 2 is 2.30 bits per heavy atom. The molecule has 5 heteroatoms. The number of likely N-dealkylation sites (tertiary alicyclic amines) is 1. The van der Waals surface area contributed by atoms with Gasteiger partial charge in [-0.15, -0.1) is 0 Å². The number of halogens is 1. The van der Waals surface area contributed by atoms with Crippen molar-refractivity contribution >= 4 is 5.91 Å². The van der Waals surface area contributed by atoms with Crippen LogP contribution in [-0.2, 0) is 11.3 Å². The standard InChI is InChI=1S/C15H21FN2O2/c1-11(18-7-6-12(9-18)10-19)15(20)17-8-13-4-2-3-5-14(13)16/h2-5,11-12,19H,6-10H2,1H3,(H,17,20). The van der Waals surface area contributed by atoms with Gasteiger partial charge in [0, 0.05) is 25.3 Å². The number of nitrogens with zero attached hydrogens (tertiary/aromatic N) is 1. The van der Waals surface area contributed by atoms with Gasteiger partial charge in [0.2, 0.25) is 5.91 Å². The zero-order chi connectivity index (χ0) is 14.5. The summed E-state index contributed by atoms with van der Waals surface area (Å²) in [6.45, 7) is 3.77. The lowest BCUT2D eigenvalue weighted by Gasteiger charge is -2.23. The zero-order valence-electron chi connectivity index (χ0n) is 11.7. The predicted octanol–water partition coefficient (Wildman–Crippen LogP) is 1.14. The average molecular weight is 280 g/mol. The van der Waals surface area contributed by atoms with Gasteiger partial charge in [0.25, 0.3) is 0 Å². The summed E-state index contributed by atoms with van der Waals surface area (Å²) < 4.78 is 13.4. The molecule has 20 heavy (non-hydrogen) atoms. The maximum atomic E-state index is 13.4. The fourth-order valence-electron chi connectivity index (χ4n) is 2.50. The summed E-state index contributed by atoms with van der Waals surface area (Å²) in [5, 5.41) is 11.9. The second kappa shape index (κ2) is 6.81. The van der Waals surface area contributed by atoms with E-state index in [9.17, 15) is 9.18 Å². The molecule has 0 aliphatic carbocycles. The van der Waals surface area contributed by atoms with Gasteiger partial charge in [-0.1, -0.05) is 18.2 Å². The van der Waals surface area contributed by atoms with Crippen molar-refractivity contribution in [1.29, 1.82) is 0 Å². The number of hydrogen-bond acceptors (Lipinski definition) is 3. The van der Waals surface area contributed by atoms with Crippen molar-refractivity contribution < 1.29 is 14.3 Å². The van der Waals surface area contributed by atoms with Crippen LogP contribution >= 0.6 is 0 Å². The Kier molecular flexibility index (Phi) is 5.09. The highest BCUT2D eigenvalue weighted by atomic mass is 19.1. The van der Waals surface area contributed by atoms with Crippen LogP contribution in [0.1, 0.15) is 18.9 Å². The molecular weight excluding hydrogens is 259 g/mol. The van der Waals surface area contributed by atoms with Gasteiger partial charge in [-0.05, 0) is 31.9 Å². The smallest absolute Gasteiger partial charge is 0.237 e. The van der Waals surface area contributed by atoms with Crippen LogP contribution in [0.2, 0.25) is 0 Å². The summed E-state index contributed by atoms with van der Waals surface area (Å²) in [4.78, 5) is 14.1. The highest BCUT2D eigenvalue weighted by Crippen LogP contribution is 2.18. The second-order valence-electron chi connectivity index (χ2n) is 5.32. The molecule has 1 aliphatic heterocycles. The van der Waals surface area contributed by atoms with Crippen LogP contribution in [-0.4, -0.2) is 41.7 Å². The van der Waals surface area contributed by atoms with E-state index in [0.717, 1.165) is 19.5 Å². The molecule has 0 aromatic heterocycles. The molecule has 2 N–H and O–H groups in total. The van der Waals surface area contributed by atoms with Gasteiger partial charge in [0.05, 0.1) is 6.04 Å². The van der Waals surface area contributed by atoms with Gasteiger partial charge in [-0.3, -0.25) is 9.69 Å². The summed E-state index contributed by atoms with van der Waals surface area (Å²) in [6, 6.07) is 6.18. The Morgan fingerprint density at radius 1 is 1.55 bits per heavy atom. The van der Waals surface area contributed by atoms with Crippen molar-refractivity contribution in [2.24, 2.45) is 5.92 Å². The number of aliphatic hydroxyl groups is 1. The molecule has 1 amide bonds. The number of nitrogens with one attached hydrogen (secondary N) is 1. The number of benzene rings is 1. The number of rotatable bonds is 5. The number of carbonyl (C=O) groups is 1. The van der Waals surface area contributed by atoms with Crippen molar-refractivity contribution in [3.05, 3.63) is 35.6 Å². The molecule has 110 valence electrons. The molecule has 1 saturated heterocycles. The van der Waals surface area contributed by atoms with Crippen LogP contribution < -0.4 is 5.32 Å². The normalized spacial score (nSPS) is 20.9. The van der Waals surface area contributed by atoms with Gasteiger partial charge in [-0.2, -0.15) is 0 Å². The van der Waals surface area contributed by atoms with Crippen molar-refractivity contribution in [3.63, 3.8) is 0 Å². The highest BCUT2D eigenvalue weighted by Gasteiger charge is 2.28. The predicted molar refractivity (Wildman–Crippen MR) is 74.5 cm³/mol. The quantitative estimate of drug-likeness (QED) is 0.850.